The lowest BCUT2D eigenvalue weighted by Crippen LogP contribution is -2.01. The van der Waals surface area contributed by atoms with Crippen LogP contribution in [0.5, 0.6) is 0 Å². The van der Waals surface area contributed by atoms with Gasteiger partial charge in [-0.3, -0.25) is 0 Å². The summed E-state index contributed by atoms with van der Waals surface area (Å²) in [6, 6.07) is 8.11. The minimum Gasteiger partial charge on any atom is -0.384 e. The minimum atomic E-state index is -0.500. The van der Waals surface area contributed by atoms with Crippen molar-refractivity contribution >= 4 is 33.9 Å². The topological polar surface area (TPSA) is 20.2 Å². The van der Waals surface area contributed by atoms with Crippen LogP contribution < -0.4 is 0 Å². The molecule has 0 saturated heterocycles. The molecule has 3 heteroatoms. The molecule has 0 aliphatic carbocycles. The molecule has 1 aromatic heterocycles. The highest BCUT2D eigenvalue weighted by Crippen LogP contribution is 2.29. The molecule has 0 aliphatic heterocycles. The van der Waals surface area contributed by atoms with E-state index in [-0.39, 0.29) is 0 Å². The third-order valence-electron chi connectivity index (χ3n) is 2.84. The Morgan fingerprint density at radius 1 is 1.31 bits per heavy atom. The smallest absolute Gasteiger partial charge is 0.105 e. The van der Waals surface area contributed by atoms with Crippen LogP contribution in [0.2, 0.25) is 0 Å². The standard InChI is InChI=1S/C13H13IOS/c1-8-4-3-5-11(9(8)2)13(15)10-6-12(14)16-7-10/h3-7,13,15H,1-2H3. The van der Waals surface area contributed by atoms with E-state index in [0.717, 1.165) is 11.1 Å². The van der Waals surface area contributed by atoms with Crippen LogP contribution in [0.15, 0.2) is 29.6 Å². The van der Waals surface area contributed by atoms with E-state index in [9.17, 15) is 5.11 Å². The second-order valence-electron chi connectivity index (χ2n) is 3.88. The molecule has 0 amide bonds. The summed E-state index contributed by atoms with van der Waals surface area (Å²) in [7, 11) is 0. The molecule has 2 rings (SSSR count). The molecule has 0 radical (unpaired) electrons. The molecule has 0 aliphatic rings. The fraction of sp³-hybridized carbons (Fsp3) is 0.231. The Hall–Kier alpha value is -0.390. The maximum atomic E-state index is 10.3. The SMILES string of the molecule is Cc1cccc(C(O)c2csc(I)c2)c1C. The van der Waals surface area contributed by atoms with Crippen molar-refractivity contribution in [3.63, 3.8) is 0 Å². The maximum Gasteiger partial charge on any atom is 0.105 e. The van der Waals surface area contributed by atoms with Crippen molar-refractivity contribution < 1.29 is 5.11 Å². The summed E-state index contributed by atoms with van der Waals surface area (Å²) in [5, 5.41) is 12.3. The predicted molar refractivity (Wildman–Crippen MR) is 77.0 cm³/mol. The second-order valence-corrected chi connectivity index (χ2v) is 6.68. The van der Waals surface area contributed by atoms with E-state index in [1.165, 1.54) is 14.0 Å². The summed E-state index contributed by atoms with van der Waals surface area (Å²) in [6.45, 7) is 4.13. The lowest BCUT2D eigenvalue weighted by atomic mass is 9.96. The highest BCUT2D eigenvalue weighted by molar-refractivity contribution is 14.1. The van der Waals surface area contributed by atoms with E-state index in [4.69, 9.17) is 0 Å². The van der Waals surface area contributed by atoms with Crippen LogP contribution in [0.25, 0.3) is 0 Å². The van der Waals surface area contributed by atoms with Crippen molar-refractivity contribution in [1.82, 2.24) is 0 Å². The third-order valence-corrected chi connectivity index (χ3v) is 4.65. The Morgan fingerprint density at radius 3 is 2.69 bits per heavy atom. The number of rotatable bonds is 2. The Bertz CT molecular complexity index is 504. The number of benzene rings is 1. The third kappa shape index (κ3) is 2.31. The molecule has 1 N–H and O–H groups in total. The number of aliphatic hydroxyl groups excluding tert-OH is 1. The lowest BCUT2D eigenvalue weighted by Gasteiger charge is -2.14. The molecule has 0 fully saturated rings. The number of thiophene rings is 1. The van der Waals surface area contributed by atoms with Gasteiger partial charge < -0.3 is 5.11 Å². The average molecular weight is 344 g/mol. The van der Waals surface area contributed by atoms with Gasteiger partial charge in [0.05, 0.1) is 2.88 Å². The van der Waals surface area contributed by atoms with E-state index in [0.29, 0.717) is 0 Å². The average Bonchev–Trinajstić information content (AvgIpc) is 2.68. The van der Waals surface area contributed by atoms with Crippen molar-refractivity contribution in [2.75, 3.05) is 0 Å². The fourth-order valence-electron chi connectivity index (χ4n) is 1.72. The Morgan fingerprint density at radius 2 is 2.06 bits per heavy atom. The molecule has 84 valence electrons. The van der Waals surface area contributed by atoms with Gasteiger partial charge in [-0.25, -0.2) is 0 Å². The van der Waals surface area contributed by atoms with E-state index >= 15 is 0 Å². The molecule has 1 nitrogen and oxygen atoms in total. The number of aliphatic hydroxyl groups is 1. The van der Waals surface area contributed by atoms with E-state index in [2.05, 4.69) is 42.5 Å². The summed E-state index contributed by atoms with van der Waals surface area (Å²) < 4.78 is 1.21. The second kappa shape index (κ2) is 4.85. The van der Waals surface area contributed by atoms with Gasteiger partial charge in [0.2, 0.25) is 0 Å². The minimum absolute atomic E-state index is 0.500. The Labute approximate surface area is 113 Å². The highest BCUT2D eigenvalue weighted by atomic mass is 127. The zero-order valence-electron chi connectivity index (χ0n) is 9.20. The molecule has 0 spiro atoms. The fourth-order valence-corrected chi connectivity index (χ4v) is 3.11. The Kier molecular flexibility index (Phi) is 3.66. The monoisotopic (exact) mass is 344 g/mol. The summed E-state index contributed by atoms with van der Waals surface area (Å²) in [4.78, 5) is 0. The van der Waals surface area contributed by atoms with Crippen LogP contribution in [-0.2, 0) is 0 Å². The van der Waals surface area contributed by atoms with Gasteiger partial charge in [-0.2, -0.15) is 0 Å². The summed E-state index contributed by atoms with van der Waals surface area (Å²) in [6.07, 6.45) is -0.500. The first kappa shape index (κ1) is 12.1. The van der Waals surface area contributed by atoms with E-state index in [1.54, 1.807) is 11.3 Å². The van der Waals surface area contributed by atoms with Crippen LogP contribution in [-0.4, -0.2) is 5.11 Å². The summed E-state index contributed by atoms with van der Waals surface area (Å²) in [5.41, 5.74) is 4.40. The normalized spacial score (nSPS) is 12.8. The number of halogens is 1. The molecule has 0 saturated carbocycles. The van der Waals surface area contributed by atoms with Crippen molar-refractivity contribution in [2.24, 2.45) is 0 Å². The largest absolute Gasteiger partial charge is 0.384 e. The summed E-state index contributed by atoms with van der Waals surface area (Å²) >= 11 is 3.94. The van der Waals surface area contributed by atoms with Crippen molar-refractivity contribution in [1.29, 1.82) is 0 Å². The zero-order valence-corrected chi connectivity index (χ0v) is 12.2. The van der Waals surface area contributed by atoms with Gasteiger partial charge in [0.25, 0.3) is 0 Å². The van der Waals surface area contributed by atoms with Gasteiger partial charge in [-0.1, -0.05) is 18.2 Å². The van der Waals surface area contributed by atoms with Crippen LogP contribution in [0, 0.1) is 16.7 Å². The highest BCUT2D eigenvalue weighted by Gasteiger charge is 2.14. The molecule has 16 heavy (non-hydrogen) atoms. The van der Waals surface area contributed by atoms with Crippen LogP contribution in [0.1, 0.15) is 28.4 Å². The molecule has 1 aromatic carbocycles. The van der Waals surface area contributed by atoms with Gasteiger partial charge in [0, 0.05) is 0 Å². The predicted octanol–water partition coefficient (Wildman–Crippen LogP) is 4.05. The van der Waals surface area contributed by atoms with E-state index < -0.39 is 6.10 Å². The van der Waals surface area contributed by atoms with Crippen molar-refractivity contribution in [3.8, 4) is 0 Å². The van der Waals surface area contributed by atoms with Gasteiger partial charge in [0.1, 0.15) is 6.10 Å². The first-order chi connectivity index (χ1) is 7.59. The molecular weight excluding hydrogens is 331 g/mol. The van der Waals surface area contributed by atoms with Gasteiger partial charge in [-0.05, 0) is 70.1 Å². The van der Waals surface area contributed by atoms with Gasteiger partial charge in [0.15, 0.2) is 0 Å². The molecule has 0 bridgehead atoms. The Balaban J connectivity index is 2.41. The van der Waals surface area contributed by atoms with Crippen molar-refractivity contribution in [2.45, 2.75) is 20.0 Å². The molecule has 1 heterocycles. The van der Waals surface area contributed by atoms with Gasteiger partial charge >= 0.3 is 0 Å². The zero-order chi connectivity index (χ0) is 11.7. The summed E-state index contributed by atoms with van der Waals surface area (Å²) in [5.74, 6) is 0. The molecule has 1 atom stereocenters. The van der Waals surface area contributed by atoms with Crippen LogP contribution >= 0.6 is 33.9 Å². The quantitative estimate of drug-likeness (QED) is 0.815. The molecule has 1 unspecified atom stereocenters. The van der Waals surface area contributed by atoms with Gasteiger partial charge in [-0.15, -0.1) is 11.3 Å². The maximum absolute atomic E-state index is 10.3. The molecule has 2 aromatic rings. The van der Waals surface area contributed by atoms with Crippen molar-refractivity contribution in [3.05, 3.63) is 54.8 Å². The van der Waals surface area contributed by atoms with Crippen LogP contribution in [0.3, 0.4) is 0 Å². The van der Waals surface area contributed by atoms with E-state index in [1.807, 2.05) is 23.6 Å². The number of aryl methyl sites for hydroxylation is 1. The lowest BCUT2D eigenvalue weighted by molar-refractivity contribution is 0.220. The first-order valence-electron chi connectivity index (χ1n) is 5.07. The molecular formula is C13H13IOS. The first-order valence-corrected chi connectivity index (χ1v) is 7.03. The van der Waals surface area contributed by atoms with Crippen LogP contribution in [0.4, 0.5) is 0 Å². The number of hydrogen-bond donors (Lipinski definition) is 1. The number of hydrogen-bond acceptors (Lipinski definition) is 2.